The van der Waals surface area contributed by atoms with Gasteiger partial charge in [-0.3, -0.25) is 14.5 Å². The fraction of sp³-hybridized carbons (Fsp3) is 0.211. The monoisotopic (exact) mass is 338 g/mol. The van der Waals surface area contributed by atoms with E-state index < -0.39 is 17.5 Å². The number of ketones is 1. The maximum Gasteiger partial charge on any atom is 0.325 e. The van der Waals surface area contributed by atoms with Crippen molar-refractivity contribution in [3.05, 3.63) is 65.7 Å². The molecule has 1 heterocycles. The van der Waals surface area contributed by atoms with Crippen LogP contribution in [0.1, 0.15) is 22.8 Å². The molecule has 1 N–H and O–H groups in total. The zero-order valence-electron chi connectivity index (χ0n) is 14.0. The number of carbonyl (C=O) groups excluding carboxylic acids is 3. The van der Waals surface area contributed by atoms with Gasteiger partial charge in [0.25, 0.3) is 5.91 Å². The predicted molar refractivity (Wildman–Crippen MR) is 91.4 cm³/mol. The van der Waals surface area contributed by atoms with Gasteiger partial charge < -0.3 is 10.1 Å². The van der Waals surface area contributed by atoms with Crippen LogP contribution in [0.15, 0.2) is 54.6 Å². The molecule has 0 bridgehead atoms. The Kier molecular flexibility index (Phi) is 4.27. The summed E-state index contributed by atoms with van der Waals surface area (Å²) < 4.78 is 5.11. The van der Waals surface area contributed by atoms with E-state index in [4.69, 9.17) is 4.74 Å². The molecular formula is C19H18N2O4. The first-order chi connectivity index (χ1) is 12.0. The molecule has 1 saturated heterocycles. The minimum atomic E-state index is -1.21. The number of nitrogens with one attached hydrogen (secondary N) is 1. The summed E-state index contributed by atoms with van der Waals surface area (Å²) in [7, 11) is 1.55. The summed E-state index contributed by atoms with van der Waals surface area (Å²) in [5, 5.41) is 2.69. The fourth-order valence-corrected chi connectivity index (χ4v) is 2.82. The highest BCUT2D eigenvalue weighted by molar-refractivity contribution is 6.11. The van der Waals surface area contributed by atoms with Crippen molar-refractivity contribution in [2.75, 3.05) is 13.7 Å². The van der Waals surface area contributed by atoms with Gasteiger partial charge in [0, 0.05) is 5.56 Å². The lowest BCUT2D eigenvalue weighted by atomic mass is 9.92. The van der Waals surface area contributed by atoms with Crippen molar-refractivity contribution in [1.29, 1.82) is 0 Å². The lowest BCUT2D eigenvalue weighted by Gasteiger charge is -2.22. The van der Waals surface area contributed by atoms with Gasteiger partial charge in [-0.15, -0.1) is 0 Å². The highest BCUT2D eigenvalue weighted by Crippen LogP contribution is 2.30. The van der Waals surface area contributed by atoms with Gasteiger partial charge in [0.05, 0.1) is 13.7 Å². The van der Waals surface area contributed by atoms with Crippen LogP contribution in [-0.4, -0.2) is 36.3 Å². The van der Waals surface area contributed by atoms with E-state index in [1.165, 1.54) is 0 Å². The Labute approximate surface area is 145 Å². The third kappa shape index (κ3) is 2.98. The van der Waals surface area contributed by atoms with Crippen molar-refractivity contribution >= 4 is 17.7 Å². The largest absolute Gasteiger partial charge is 0.497 e. The lowest BCUT2D eigenvalue weighted by molar-refractivity contribution is -0.130. The average molecular weight is 338 g/mol. The second-order valence-electron chi connectivity index (χ2n) is 5.96. The van der Waals surface area contributed by atoms with E-state index in [0.29, 0.717) is 16.9 Å². The Morgan fingerprint density at radius 1 is 1.08 bits per heavy atom. The van der Waals surface area contributed by atoms with E-state index in [1.807, 2.05) is 0 Å². The third-order valence-corrected chi connectivity index (χ3v) is 4.34. The summed E-state index contributed by atoms with van der Waals surface area (Å²) in [5.41, 5.74) is -0.122. The van der Waals surface area contributed by atoms with Crippen LogP contribution in [0.5, 0.6) is 5.75 Å². The topological polar surface area (TPSA) is 75.7 Å². The number of ether oxygens (including phenoxy) is 1. The molecule has 6 nitrogen and oxygen atoms in total. The Hall–Kier alpha value is -3.15. The van der Waals surface area contributed by atoms with Gasteiger partial charge in [-0.1, -0.05) is 42.5 Å². The second kappa shape index (κ2) is 6.39. The van der Waals surface area contributed by atoms with E-state index in [0.717, 1.165) is 4.90 Å². The van der Waals surface area contributed by atoms with Gasteiger partial charge in [-0.2, -0.15) is 0 Å². The van der Waals surface area contributed by atoms with E-state index in [-0.39, 0.29) is 12.3 Å². The number of urea groups is 1. The zero-order chi connectivity index (χ0) is 18.0. The molecule has 25 heavy (non-hydrogen) atoms. The smallest absolute Gasteiger partial charge is 0.325 e. The predicted octanol–water partition coefficient (Wildman–Crippen LogP) is 2.35. The van der Waals surface area contributed by atoms with E-state index >= 15 is 0 Å². The molecule has 2 aromatic carbocycles. The molecule has 0 aliphatic carbocycles. The van der Waals surface area contributed by atoms with E-state index in [1.54, 1.807) is 68.6 Å². The number of methoxy groups -OCH3 is 1. The second-order valence-corrected chi connectivity index (χ2v) is 5.96. The standard InChI is InChI=1S/C19H18N2O4/c1-19(14-8-10-15(25-2)11-9-14)17(23)21(18(24)20-19)12-16(22)13-6-4-3-5-7-13/h3-11H,12H2,1-2H3,(H,20,24)/t19-/m1/s1. The molecule has 1 fully saturated rings. The van der Waals surface area contributed by atoms with Crippen molar-refractivity contribution < 1.29 is 19.1 Å². The number of hydrogen-bond donors (Lipinski definition) is 1. The molecule has 0 spiro atoms. The van der Waals surface area contributed by atoms with Gasteiger partial charge in [-0.25, -0.2) is 4.79 Å². The van der Waals surface area contributed by atoms with Gasteiger partial charge >= 0.3 is 6.03 Å². The van der Waals surface area contributed by atoms with Crippen LogP contribution >= 0.6 is 0 Å². The Balaban J connectivity index is 1.82. The number of benzene rings is 2. The van der Waals surface area contributed by atoms with Crippen molar-refractivity contribution in [1.82, 2.24) is 10.2 Å². The maximum atomic E-state index is 12.8. The first kappa shape index (κ1) is 16.7. The van der Waals surface area contributed by atoms with Gasteiger partial charge in [0.1, 0.15) is 11.3 Å². The van der Waals surface area contributed by atoms with E-state index in [9.17, 15) is 14.4 Å². The van der Waals surface area contributed by atoms with Gasteiger partial charge in [-0.05, 0) is 24.6 Å². The summed E-state index contributed by atoms with van der Waals surface area (Å²) in [5.74, 6) is -0.0877. The van der Waals surface area contributed by atoms with Crippen LogP contribution in [0.25, 0.3) is 0 Å². The highest BCUT2D eigenvalue weighted by atomic mass is 16.5. The molecule has 0 saturated carbocycles. The molecule has 0 radical (unpaired) electrons. The molecule has 2 aromatic rings. The van der Waals surface area contributed by atoms with E-state index in [2.05, 4.69) is 5.32 Å². The summed E-state index contributed by atoms with van der Waals surface area (Å²) in [6, 6.07) is 14.9. The average Bonchev–Trinajstić information content (AvgIpc) is 2.86. The third-order valence-electron chi connectivity index (χ3n) is 4.34. The number of nitrogens with zero attached hydrogens (tertiary/aromatic N) is 1. The first-order valence-corrected chi connectivity index (χ1v) is 7.82. The summed E-state index contributed by atoms with van der Waals surface area (Å²) >= 11 is 0. The minimum absolute atomic E-state index is 0.289. The zero-order valence-corrected chi connectivity index (χ0v) is 14.0. The summed E-state index contributed by atoms with van der Waals surface area (Å²) in [4.78, 5) is 38.4. The molecule has 3 amide bonds. The maximum absolute atomic E-state index is 12.8. The van der Waals surface area contributed by atoms with Crippen LogP contribution in [0.3, 0.4) is 0 Å². The highest BCUT2D eigenvalue weighted by Gasteiger charge is 2.49. The molecule has 1 aliphatic rings. The quantitative estimate of drug-likeness (QED) is 0.671. The van der Waals surface area contributed by atoms with Crippen molar-refractivity contribution in [3.8, 4) is 5.75 Å². The van der Waals surface area contributed by atoms with Crippen LogP contribution in [0.2, 0.25) is 0 Å². The van der Waals surface area contributed by atoms with Crippen LogP contribution in [0, 0.1) is 0 Å². The van der Waals surface area contributed by atoms with Crippen LogP contribution in [0.4, 0.5) is 4.79 Å². The number of rotatable bonds is 5. The first-order valence-electron chi connectivity index (χ1n) is 7.82. The summed E-state index contributed by atoms with van der Waals surface area (Å²) in [6.45, 7) is 1.34. The van der Waals surface area contributed by atoms with Crippen molar-refractivity contribution in [2.24, 2.45) is 0 Å². The molecule has 1 atom stereocenters. The molecule has 3 rings (SSSR count). The Morgan fingerprint density at radius 3 is 2.32 bits per heavy atom. The normalized spacial score (nSPS) is 19.7. The molecule has 1 aliphatic heterocycles. The Bertz CT molecular complexity index is 817. The number of Topliss-reactive ketones (excluding diaryl/α,β-unsaturated/α-hetero) is 1. The summed E-state index contributed by atoms with van der Waals surface area (Å²) in [6.07, 6.45) is 0. The van der Waals surface area contributed by atoms with Crippen molar-refractivity contribution in [2.45, 2.75) is 12.5 Å². The number of imide groups is 1. The van der Waals surface area contributed by atoms with Gasteiger partial charge in [0.15, 0.2) is 5.78 Å². The fourth-order valence-electron chi connectivity index (χ4n) is 2.82. The molecule has 128 valence electrons. The molecule has 0 aromatic heterocycles. The number of amides is 3. The SMILES string of the molecule is COc1ccc([C@@]2(C)NC(=O)N(CC(=O)c3ccccc3)C2=O)cc1. The molecule has 6 heteroatoms. The minimum Gasteiger partial charge on any atom is -0.497 e. The number of hydrogen-bond acceptors (Lipinski definition) is 4. The lowest BCUT2D eigenvalue weighted by Crippen LogP contribution is -2.41. The molecule has 0 unspecified atom stereocenters. The molecular weight excluding hydrogens is 320 g/mol. The van der Waals surface area contributed by atoms with Gasteiger partial charge in [0.2, 0.25) is 0 Å². The van der Waals surface area contributed by atoms with Crippen LogP contribution in [-0.2, 0) is 10.3 Å². The van der Waals surface area contributed by atoms with Crippen molar-refractivity contribution in [3.63, 3.8) is 0 Å². The number of carbonyl (C=O) groups is 3. The van der Waals surface area contributed by atoms with Crippen LogP contribution < -0.4 is 10.1 Å². The Morgan fingerprint density at radius 2 is 1.72 bits per heavy atom.